The number of hydrogen-bond donors (Lipinski definition) is 2. The first kappa shape index (κ1) is 16.7. The van der Waals surface area contributed by atoms with Gasteiger partial charge in [0.15, 0.2) is 0 Å². The van der Waals surface area contributed by atoms with Crippen molar-refractivity contribution in [1.29, 1.82) is 0 Å². The minimum absolute atomic E-state index is 0.183. The van der Waals surface area contributed by atoms with E-state index in [9.17, 15) is 18.3 Å². The molecular weight excluding hydrogens is 257 g/mol. The first-order valence-electron chi connectivity index (χ1n) is 6.79. The standard InChI is InChI=1S/C13H25F3N2O/c1-12(19,9-18(2)3)8-17-11-7-5-4-6-10(11)13(14,15)16/h10-11,17,19H,4-9H2,1-3H3. The maximum absolute atomic E-state index is 12.9. The predicted molar refractivity (Wildman–Crippen MR) is 69.0 cm³/mol. The molecule has 0 aromatic rings. The molecule has 0 saturated heterocycles. The van der Waals surface area contributed by atoms with Gasteiger partial charge in [-0.15, -0.1) is 0 Å². The molecule has 114 valence electrons. The van der Waals surface area contributed by atoms with Crippen molar-refractivity contribution in [2.45, 2.75) is 50.4 Å². The predicted octanol–water partition coefficient (Wildman–Crippen LogP) is 2.01. The van der Waals surface area contributed by atoms with Crippen molar-refractivity contribution in [3.63, 3.8) is 0 Å². The van der Waals surface area contributed by atoms with E-state index in [1.165, 1.54) is 0 Å². The maximum Gasteiger partial charge on any atom is 0.393 e. The van der Waals surface area contributed by atoms with Gasteiger partial charge in [0.05, 0.1) is 11.5 Å². The van der Waals surface area contributed by atoms with Gasteiger partial charge >= 0.3 is 6.18 Å². The normalized spacial score (nSPS) is 28.4. The van der Waals surface area contributed by atoms with Crippen LogP contribution in [0.25, 0.3) is 0 Å². The topological polar surface area (TPSA) is 35.5 Å². The molecule has 1 aliphatic carbocycles. The van der Waals surface area contributed by atoms with E-state index in [2.05, 4.69) is 5.32 Å². The SMILES string of the molecule is CN(C)CC(C)(O)CNC1CCCCC1C(F)(F)F. The van der Waals surface area contributed by atoms with Crippen molar-refractivity contribution >= 4 is 0 Å². The average Bonchev–Trinajstić information content (AvgIpc) is 2.24. The molecule has 0 aliphatic heterocycles. The van der Waals surface area contributed by atoms with Gasteiger partial charge in [-0.1, -0.05) is 12.8 Å². The highest BCUT2D eigenvalue weighted by Gasteiger charge is 2.45. The van der Waals surface area contributed by atoms with Crippen LogP contribution in [0.15, 0.2) is 0 Å². The van der Waals surface area contributed by atoms with Crippen LogP contribution in [0.2, 0.25) is 0 Å². The lowest BCUT2D eigenvalue weighted by Crippen LogP contribution is -2.52. The molecule has 0 radical (unpaired) electrons. The highest BCUT2D eigenvalue weighted by Crippen LogP contribution is 2.37. The van der Waals surface area contributed by atoms with E-state index in [0.717, 1.165) is 6.42 Å². The van der Waals surface area contributed by atoms with Crippen LogP contribution in [-0.4, -0.2) is 55.0 Å². The molecule has 1 aliphatic rings. The fraction of sp³-hybridized carbons (Fsp3) is 1.00. The molecular formula is C13H25F3N2O. The molecule has 3 nitrogen and oxygen atoms in total. The lowest BCUT2D eigenvalue weighted by atomic mass is 9.83. The Labute approximate surface area is 113 Å². The van der Waals surface area contributed by atoms with Crippen molar-refractivity contribution < 1.29 is 18.3 Å². The molecule has 0 bridgehead atoms. The quantitative estimate of drug-likeness (QED) is 0.809. The van der Waals surface area contributed by atoms with Crippen LogP contribution >= 0.6 is 0 Å². The maximum atomic E-state index is 12.9. The van der Waals surface area contributed by atoms with E-state index in [-0.39, 0.29) is 13.0 Å². The lowest BCUT2D eigenvalue weighted by molar-refractivity contribution is -0.189. The highest BCUT2D eigenvalue weighted by molar-refractivity contribution is 4.88. The molecule has 0 amide bonds. The van der Waals surface area contributed by atoms with Gasteiger partial charge in [0.1, 0.15) is 0 Å². The fourth-order valence-electron chi connectivity index (χ4n) is 2.86. The van der Waals surface area contributed by atoms with Gasteiger partial charge in [0, 0.05) is 19.1 Å². The number of hydrogen-bond acceptors (Lipinski definition) is 3. The van der Waals surface area contributed by atoms with Crippen LogP contribution in [-0.2, 0) is 0 Å². The van der Waals surface area contributed by atoms with Gasteiger partial charge in [0.25, 0.3) is 0 Å². The molecule has 0 heterocycles. The van der Waals surface area contributed by atoms with E-state index < -0.39 is 23.7 Å². The molecule has 1 rings (SSSR count). The fourth-order valence-corrected chi connectivity index (χ4v) is 2.86. The third kappa shape index (κ3) is 5.67. The van der Waals surface area contributed by atoms with Gasteiger partial charge in [-0.3, -0.25) is 0 Å². The summed E-state index contributed by atoms with van der Waals surface area (Å²) in [5.41, 5.74) is -1.02. The molecule has 2 N–H and O–H groups in total. The summed E-state index contributed by atoms with van der Waals surface area (Å²) in [6.45, 7) is 2.25. The van der Waals surface area contributed by atoms with Crippen LogP contribution in [0.3, 0.4) is 0 Å². The van der Waals surface area contributed by atoms with Crippen molar-refractivity contribution in [3.05, 3.63) is 0 Å². The minimum Gasteiger partial charge on any atom is -0.388 e. The molecule has 0 aromatic heterocycles. The number of likely N-dealkylation sites (N-methyl/N-ethyl adjacent to an activating group) is 1. The van der Waals surface area contributed by atoms with Gasteiger partial charge in [-0.25, -0.2) is 0 Å². The minimum atomic E-state index is -4.15. The second kappa shape index (κ2) is 6.41. The van der Waals surface area contributed by atoms with Crippen LogP contribution < -0.4 is 5.32 Å². The number of alkyl halides is 3. The van der Waals surface area contributed by atoms with Crippen LogP contribution in [0, 0.1) is 5.92 Å². The zero-order valence-corrected chi connectivity index (χ0v) is 11.9. The molecule has 1 fully saturated rings. The third-order valence-corrected chi connectivity index (χ3v) is 3.59. The number of nitrogens with zero attached hydrogens (tertiary/aromatic N) is 1. The summed E-state index contributed by atoms with van der Waals surface area (Å²) in [6.07, 6.45) is -1.97. The van der Waals surface area contributed by atoms with E-state index in [4.69, 9.17) is 0 Å². The van der Waals surface area contributed by atoms with E-state index in [1.54, 1.807) is 6.92 Å². The zero-order chi connectivity index (χ0) is 14.7. The van der Waals surface area contributed by atoms with Gasteiger partial charge in [0.2, 0.25) is 0 Å². The molecule has 6 heteroatoms. The summed E-state index contributed by atoms with van der Waals surface area (Å²) in [5.74, 6) is -1.28. The average molecular weight is 282 g/mol. The molecule has 3 unspecified atom stereocenters. The van der Waals surface area contributed by atoms with E-state index >= 15 is 0 Å². The number of rotatable bonds is 5. The summed E-state index contributed by atoms with van der Waals surface area (Å²) in [5, 5.41) is 13.0. The molecule has 3 atom stereocenters. The Bertz CT molecular complexity index is 280. The number of aliphatic hydroxyl groups is 1. The number of nitrogens with one attached hydrogen (secondary N) is 1. The van der Waals surface area contributed by atoms with Gasteiger partial charge in [-0.2, -0.15) is 13.2 Å². The Hall–Kier alpha value is -0.330. The molecule has 1 saturated carbocycles. The van der Waals surface area contributed by atoms with Crippen LogP contribution in [0.1, 0.15) is 32.6 Å². The van der Waals surface area contributed by atoms with E-state index in [0.29, 0.717) is 19.4 Å². The second-order valence-electron chi connectivity index (χ2n) is 6.15. The second-order valence-corrected chi connectivity index (χ2v) is 6.15. The van der Waals surface area contributed by atoms with E-state index in [1.807, 2.05) is 19.0 Å². The van der Waals surface area contributed by atoms with Crippen molar-refractivity contribution in [3.8, 4) is 0 Å². The molecule has 19 heavy (non-hydrogen) atoms. The Morgan fingerprint density at radius 3 is 2.32 bits per heavy atom. The highest BCUT2D eigenvalue weighted by atomic mass is 19.4. The summed E-state index contributed by atoms with van der Waals surface area (Å²) in [4.78, 5) is 1.82. The summed E-state index contributed by atoms with van der Waals surface area (Å²) >= 11 is 0. The number of halogens is 3. The molecule has 0 spiro atoms. The first-order chi connectivity index (χ1) is 8.62. The summed E-state index contributed by atoms with van der Waals surface area (Å²) in [7, 11) is 3.65. The Balaban J connectivity index is 2.54. The van der Waals surface area contributed by atoms with Crippen molar-refractivity contribution in [1.82, 2.24) is 10.2 Å². The lowest BCUT2D eigenvalue weighted by Gasteiger charge is -2.36. The monoisotopic (exact) mass is 282 g/mol. The van der Waals surface area contributed by atoms with Gasteiger partial charge in [-0.05, 0) is 33.9 Å². The Morgan fingerprint density at radius 2 is 1.79 bits per heavy atom. The first-order valence-corrected chi connectivity index (χ1v) is 6.79. The van der Waals surface area contributed by atoms with Crippen LogP contribution in [0.5, 0.6) is 0 Å². The largest absolute Gasteiger partial charge is 0.393 e. The van der Waals surface area contributed by atoms with Crippen LogP contribution in [0.4, 0.5) is 13.2 Å². The zero-order valence-electron chi connectivity index (χ0n) is 11.9. The summed E-state index contributed by atoms with van der Waals surface area (Å²) in [6, 6.07) is -0.567. The van der Waals surface area contributed by atoms with Crippen molar-refractivity contribution in [2.24, 2.45) is 5.92 Å². The molecule has 0 aromatic carbocycles. The Morgan fingerprint density at radius 1 is 1.21 bits per heavy atom. The van der Waals surface area contributed by atoms with Crippen molar-refractivity contribution in [2.75, 3.05) is 27.2 Å². The Kier molecular flexibility index (Phi) is 5.65. The third-order valence-electron chi connectivity index (χ3n) is 3.59. The smallest absolute Gasteiger partial charge is 0.388 e. The summed E-state index contributed by atoms with van der Waals surface area (Å²) < 4.78 is 38.7. The van der Waals surface area contributed by atoms with Gasteiger partial charge < -0.3 is 15.3 Å².